The maximum absolute atomic E-state index is 13.9. The van der Waals surface area contributed by atoms with Crippen LogP contribution < -0.4 is 29.6 Å². The zero-order valence-corrected chi connectivity index (χ0v) is 20.0. The number of rotatable bonds is 8. The van der Waals surface area contributed by atoms with E-state index in [4.69, 9.17) is 29.4 Å². The van der Waals surface area contributed by atoms with E-state index in [1.807, 2.05) is 0 Å². The highest BCUT2D eigenvalue weighted by Crippen LogP contribution is 2.46. The van der Waals surface area contributed by atoms with Crippen molar-refractivity contribution in [2.45, 2.75) is 31.6 Å². The summed E-state index contributed by atoms with van der Waals surface area (Å²) in [7, 11) is 0. The van der Waals surface area contributed by atoms with Crippen LogP contribution in [0.5, 0.6) is 23.0 Å². The minimum Gasteiger partial charge on any atom is -0.468 e. The van der Waals surface area contributed by atoms with Crippen molar-refractivity contribution < 1.29 is 37.9 Å². The van der Waals surface area contributed by atoms with Crippen LogP contribution in [-0.2, 0) is 6.54 Å². The molecule has 2 aliphatic heterocycles. The van der Waals surface area contributed by atoms with E-state index >= 15 is 0 Å². The van der Waals surface area contributed by atoms with E-state index < -0.39 is 19.9 Å². The van der Waals surface area contributed by atoms with Crippen molar-refractivity contribution in [3.05, 3.63) is 41.7 Å². The molecular formula is C24H24F2N6O6. The van der Waals surface area contributed by atoms with Gasteiger partial charge in [-0.05, 0) is 43.7 Å². The standard InChI is InChI=1S/C24H24F2N6O6/c25-24(26)37-17-6-5-16-19(20(17)38-24)29-23(32-22(16)30-21(31-32)14-2-1-7-27-9-14)28-10-13-3-4-15(35-11-33)8-18(13)36-12-34/h3-6,8,14,27,33-34H,1-2,7,9-12H2,(H,28,29). The molecule has 0 amide bonds. The highest BCUT2D eigenvalue weighted by atomic mass is 19.3. The summed E-state index contributed by atoms with van der Waals surface area (Å²) in [5, 5.41) is 30.1. The number of anilines is 1. The SMILES string of the molecule is OCOc1ccc(CNc2nc3c4c(ccc3c3nc(C5CCCNC5)nn23)OC(F)(F)O4)c(OCO)c1. The van der Waals surface area contributed by atoms with E-state index in [1.165, 1.54) is 12.1 Å². The summed E-state index contributed by atoms with van der Waals surface area (Å²) in [6, 6.07) is 7.85. The molecular weight excluding hydrogens is 506 g/mol. The van der Waals surface area contributed by atoms with Gasteiger partial charge >= 0.3 is 6.29 Å². The van der Waals surface area contributed by atoms with Crippen LogP contribution in [0.3, 0.4) is 0 Å². The Hall–Kier alpha value is -4.01. The molecule has 4 heterocycles. The van der Waals surface area contributed by atoms with Gasteiger partial charge in [0.25, 0.3) is 0 Å². The fraction of sp³-hybridized carbons (Fsp3) is 0.375. The third-order valence-corrected chi connectivity index (χ3v) is 6.42. The molecule has 0 spiro atoms. The summed E-state index contributed by atoms with van der Waals surface area (Å²) < 4.78 is 49.2. The number of nitrogens with one attached hydrogen (secondary N) is 2. The lowest BCUT2D eigenvalue weighted by atomic mass is 9.99. The number of fused-ring (bicyclic) bond motifs is 5. The van der Waals surface area contributed by atoms with Crippen LogP contribution in [-0.4, -0.2) is 62.8 Å². The van der Waals surface area contributed by atoms with E-state index in [9.17, 15) is 13.9 Å². The van der Waals surface area contributed by atoms with Crippen LogP contribution in [0.4, 0.5) is 14.7 Å². The molecule has 14 heteroatoms. The van der Waals surface area contributed by atoms with Gasteiger partial charge in [0.1, 0.15) is 17.0 Å². The number of hydrogen-bond acceptors (Lipinski definition) is 11. The molecule has 4 N–H and O–H groups in total. The molecule has 200 valence electrons. The Morgan fingerprint density at radius 2 is 2.00 bits per heavy atom. The molecule has 6 rings (SSSR count). The van der Waals surface area contributed by atoms with Gasteiger partial charge in [0.15, 0.2) is 36.6 Å². The van der Waals surface area contributed by atoms with Crippen molar-refractivity contribution in [3.63, 3.8) is 0 Å². The molecule has 1 unspecified atom stereocenters. The average Bonchev–Trinajstić information content (AvgIpc) is 3.49. The van der Waals surface area contributed by atoms with Crippen molar-refractivity contribution in [1.29, 1.82) is 0 Å². The number of aromatic nitrogens is 4. The second kappa shape index (κ2) is 9.70. The number of ether oxygens (including phenoxy) is 4. The summed E-state index contributed by atoms with van der Waals surface area (Å²) in [4.78, 5) is 9.36. The zero-order chi connectivity index (χ0) is 26.3. The van der Waals surface area contributed by atoms with Crippen molar-refractivity contribution in [2.75, 3.05) is 32.0 Å². The fourth-order valence-corrected chi connectivity index (χ4v) is 4.68. The van der Waals surface area contributed by atoms with Gasteiger partial charge in [-0.25, -0.2) is 9.97 Å². The van der Waals surface area contributed by atoms with Gasteiger partial charge in [0, 0.05) is 36.0 Å². The molecule has 1 atom stereocenters. The molecule has 38 heavy (non-hydrogen) atoms. The zero-order valence-electron chi connectivity index (χ0n) is 20.0. The number of piperidine rings is 1. The van der Waals surface area contributed by atoms with E-state index in [1.54, 1.807) is 22.7 Å². The van der Waals surface area contributed by atoms with Crippen LogP contribution in [0.1, 0.15) is 30.1 Å². The van der Waals surface area contributed by atoms with Crippen molar-refractivity contribution in [3.8, 4) is 23.0 Å². The average molecular weight is 530 g/mol. The van der Waals surface area contributed by atoms with Gasteiger partial charge in [-0.2, -0.15) is 4.52 Å². The molecule has 2 aromatic heterocycles. The van der Waals surface area contributed by atoms with Crippen LogP contribution in [0, 0.1) is 0 Å². The molecule has 4 aromatic rings. The molecule has 0 aliphatic carbocycles. The van der Waals surface area contributed by atoms with E-state index in [0.717, 1.165) is 25.9 Å². The normalized spacial score (nSPS) is 18.2. The highest BCUT2D eigenvalue weighted by Gasteiger charge is 2.45. The smallest absolute Gasteiger partial charge is 0.468 e. The highest BCUT2D eigenvalue weighted by molar-refractivity contribution is 5.97. The van der Waals surface area contributed by atoms with Gasteiger partial charge in [0.2, 0.25) is 5.95 Å². The number of hydrogen-bond donors (Lipinski definition) is 4. The maximum atomic E-state index is 13.9. The molecule has 12 nitrogen and oxygen atoms in total. The van der Waals surface area contributed by atoms with Crippen molar-refractivity contribution in [1.82, 2.24) is 24.9 Å². The van der Waals surface area contributed by atoms with Crippen LogP contribution in [0.2, 0.25) is 0 Å². The summed E-state index contributed by atoms with van der Waals surface area (Å²) in [6.45, 7) is 0.723. The Labute approximate surface area is 214 Å². The third-order valence-electron chi connectivity index (χ3n) is 6.42. The Morgan fingerprint density at radius 1 is 1.13 bits per heavy atom. The number of nitrogens with zero attached hydrogens (tertiary/aromatic N) is 4. The second-order valence-electron chi connectivity index (χ2n) is 8.81. The van der Waals surface area contributed by atoms with Crippen LogP contribution >= 0.6 is 0 Å². The Bertz CT molecular complexity index is 1490. The molecule has 0 saturated carbocycles. The van der Waals surface area contributed by atoms with Crippen LogP contribution in [0.15, 0.2) is 30.3 Å². The Kier molecular flexibility index (Phi) is 6.21. The predicted molar refractivity (Wildman–Crippen MR) is 129 cm³/mol. The van der Waals surface area contributed by atoms with Gasteiger partial charge in [-0.15, -0.1) is 13.9 Å². The first-order valence-corrected chi connectivity index (χ1v) is 12.0. The number of aliphatic hydroxyl groups is 2. The number of aliphatic hydroxyl groups excluding tert-OH is 2. The first-order chi connectivity index (χ1) is 18.5. The van der Waals surface area contributed by atoms with Crippen molar-refractivity contribution in [2.24, 2.45) is 0 Å². The number of benzene rings is 2. The summed E-state index contributed by atoms with van der Waals surface area (Å²) in [5.41, 5.74) is 1.20. The van der Waals surface area contributed by atoms with E-state index in [0.29, 0.717) is 33.9 Å². The van der Waals surface area contributed by atoms with Crippen molar-refractivity contribution >= 4 is 22.5 Å². The van der Waals surface area contributed by atoms with E-state index in [2.05, 4.69) is 20.4 Å². The first-order valence-electron chi connectivity index (χ1n) is 12.0. The number of alkyl halides is 2. The second-order valence-corrected chi connectivity index (χ2v) is 8.81. The fourth-order valence-electron chi connectivity index (χ4n) is 4.68. The van der Waals surface area contributed by atoms with Gasteiger partial charge in [0.05, 0.1) is 0 Å². The predicted octanol–water partition coefficient (Wildman–Crippen LogP) is 2.34. The molecule has 2 aromatic carbocycles. The quantitative estimate of drug-likeness (QED) is 0.249. The lowest BCUT2D eigenvalue weighted by molar-refractivity contribution is -0.286. The molecule has 1 fully saturated rings. The lowest BCUT2D eigenvalue weighted by Crippen LogP contribution is -2.29. The van der Waals surface area contributed by atoms with E-state index in [-0.39, 0.29) is 35.4 Å². The summed E-state index contributed by atoms with van der Waals surface area (Å²) >= 11 is 0. The molecule has 0 radical (unpaired) electrons. The van der Waals surface area contributed by atoms with Gasteiger partial charge < -0.3 is 39.8 Å². The van der Waals surface area contributed by atoms with Gasteiger partial charge in [-0.1, -0.05) is 0 Å². The molecule has 1 saturated heterocycles. The minimum atomic E-state index is -3.81. The van der Waals surface area contributed by atoms with Crippen LogP contribution in [0.25, 0.3) is 16.6 Å². The third kappa shape index (κ3) is 4.46. The maximum Gasteiger partial charge on any atom is 0.586 e. The number of halogens is 2. The summed E-state index contributed by atoms with van der Waals surface area (Å²) in [6.07, 6.45) is -1.90. The Morgan fingerprint density at radius 3 is 2.79 bits per heavy atom. The lowest BCUT2D eigenvalue weighted by Gasteiger charge is -2.19. The summed E-state index contributed by atoms with van der Waals surface area (Å²) in [5.74, 6) is 1.29. The molecule has 2 aliphatic rings. The first kappa shape index (κ1) is 24.3. The Balaban J connectivity index is 1.43. The molecule has 0 bridgehead atoms. The monoisotopic (exact) mass is 530 g/mol. The minimum absolute atomic E-state index is 0.0912. The largest absolute Gasteiger partial charge is 0.586 e. The topological polar surface area (TPSA) is 145 Å². The van der Waals surface area contributed by atoms with Gasteiger partial charge in [-0.3, -0.25) is 0 Å².